The molecule has 1 unspecified atom stereocenters. The number of rotatable bonds is 7. The van der Waals surface area contributed by atoms with E-state index in [1.807, 2.05) is 0 Å². The summed E-state index contributed by atoms with van der Waals surface area (Å²) in [6.45, 7) is 2.83. The van der Waals surface area contributed by atoms with Crippen molar-refractivity contribution in [3.63, 3.8) is 0 Å². The molecule has 0 saturated carbocycles. The summed E-state index contributed by atoms with van der Waals surface area (Å²) in [4.78, 5) is 18.9. The predicted octanol–water partition coefficient (Wildman–Crippen LogP) is 4.79. The van der Waals surface area contributed by atoms with Gasteiger partial charge in [0.2, 0.25) is 11.8 Å². The van der Waals surface area contributed by atoms with Gasteiger partial charge in [-0.25, -0.2) is 9.37 Å². The molecule has 1 fully saturated rings. The van der Waals surface area contributed by atoms with Crippen molar-refractivity contribution >= 4 is 5.91 Å². The fourth-order valence-corrected chi connectivity index (χ4v) is 3.78. The molecule has 1 aliphatic heterocycles. The number of oxazole rings is 1. The molecule has 0 aliphatic carbocycles. The van der Waals surface area contributed by atoms with Gasteiger partial charge in [-0.3, -0.25) is 4.79 Å². The number of morpholine rings is 1. The van der Waals surface area contributed by atoms with Crippen LogP contribution in [0.1, 0.15) is 22.6 Å². The van der Waals surface area contributed by atoms with Gasteiger partial charge >= 0.3 is 6.18 Å². The van der Waals surface area contributed by atoms with Gasteiger partial charge < -0.3 is 18.8 Å². The average molecular weight is 492 g/mol. The van der Waals surface area contributed by atoms with E-state index in [1.165, 1.54) is 18.2 Å². The zero-order valence-corrected chi connectivity index (χ0v) is 19.0. The normalized spacial score (nSPS) is 16.5. The third-order valence-corrected chi connectivity index (χ3v) is 5.60. The van der Waals surface area contributed by atoms with Crippen LogP contribution in [-0.2, 0) is 33.5 Å². The number of aryl methyl sites for hydroxylation is 1. The maximum atomic E-state index is 13.5. The maximum absolute atomic E-state index is 13.5. The molecule has 0 N–H and O–H groups in total. The lowest BCUT2D eigenvalue weighted by Gasteiger charge is -2.32. The third kappa shape index (κ3) is 6.46. The van der Waals surface area contributed by atoms with Gasteiger partial charge in [0.1, 0.15) is 11.6 Å². The molecule has 35 heavy (non-hydrogen) atoms. The number of nitrogens with zero attached hydrogens (tertiary/aromatic N) is 2. The van der Waals surface area contributed by atoms with Gasteiger partial charge in [-0.2, -0.15) is 13.2 Å². The Kier molecular flexibility index (Phi) is 7.51. The van der Waals surface area contributed by atoms with E-state index in [1.54, 1.807) is 30.0 Å². The number of hydrogen-bond donors (Lipinski definition) is 0. The van der Waals surface area contributed by atoms with Gasteiger partial charge in [-0.15, -0.1) is 0 Å². The summed E-state index contributed by atoms with van der Waals surface area (Å²) in [6, 6.07) is 10.8. The Morgan fingerprint density at radius 3 is 2.77 bits per heavy atom. The molecular weight excluding hydrogens is 468 g/mol. The number of amides is 1. The summed E-state index contributed by atoms with van der Waals surface area (Å²) in [5.41, 5.74) is 0.626. The van der Waals surface area contributed by atoms with Gasteiger partial charge in [0, 0.05) is 18.7 Å². The number of halogens is 4. The maximum Gasteiger partial charge on any atom is 0.416 e. The first-order chi connectivity index (χ1) is 16.7. The first kappa shape index (κ1) is 24.9. The van der Waals surface area contributed by atoms with Crippen molar-refractivity contribution < 1.29 is 36.2 Å². The number of alkyl halides is 3. The molecule has 0 spiro atoms. The molecule has 186 valence electrons. The molecule has 10 heteroatoms. The van der Waals surface area contributed by atoms with E-state index < -0.39 is 23.7 Å². The summed E-state index contributed by atoms with van der Waals surface area (Å²) in [5, 5.41) is 0. The number of hydrogen-bond acceptors (Lipinski definition) is 5. The highest BCUT2D eigenvalue weighted by Gasteiger charge is 2.30. The van der Waals surface area contributed by atoms with Crippen molar-refractivity contribution in [3.8, 4) is 11.5 Å². The van der Waals surface area contributed by atoms with E-state index in [9.17, 15) is 22.4 Å². The molecule has 1 amide bonds. The Morgan fingerprint density at radius 2 is 2.00 bits per heavy atom. The van der Waals surface area contributed by atoms with Crippen molar-refractivity contribution in [2.24, 2.45) is 0 Å². The van der Waals surface area contributed by atoms with E-state index in [-0.39, 0.29) is 38.0 Å². The fourth-order valence-electron chi connectivity index (χ4n) is 3.78. The van der Waals surface area contributed by atoms with Crippen LogP contribution >= 0.6 is 0 Å². The molecule has 3 aromatic rings. The lowest BCUT2D eigenvalue weighted by atomic mass is 10.1. The molecule has 1 aromatic heterocycles. The summed E-state index contributed by atoms with van der Waals surface area (Å²) >= 11 is 0. The van der Waals surface area contributed by atoms with E-state index in [0.717, 1.165) is 12.1 Å². The quantitative estimate of drug-likeness (QED) is 0.444. The van der Waals surface area contributed by atoms with Crippen molar-refractivity contribution in [2.45, 2.75) is 32.2 Å². The second kappa shape index (κ2) is 10.6. The Labute approximate surface area is 199 Å². The van der Waals surface area contributed by atoms with Crippen molar-refractivity contribution in [1.82, 2.24) is 9.88 Å². The number of benzene rings is 2. The van der Waals surface area contributed by atoms with Gasteiger partial charge in [-0.05, 0) is 42.8 Å². The van der Waals surface area contributed by atoms with Crippen molar-refractivity contribution in [2.75, 3.05) is 26.3 Å². The smallest absolute Gasteiger partial charge is 0.416 e. The Hall–Kier alpha value is -3.24. The topological polar surface area (TPSA) is 64.8 Å². The monoisotopic (exact) mass is 492 g/mol. The van der Waals surface area contributed by atoms with Gasteiger partial charge in [0.15, 0.2) is 0 Å². The zero-order valence-electron chi connectivity index (χ0n) is 19.0. The molecule has 6 nitrogen and oxygen atoms in total. The summed E-state index contributed by atoms with van der Waals surface area (Å²) in [6.07, 6.45) is -4.80. The van der Waals surface area contributed by atoms with Crippen LogP contribution < -0.4 is 0 Å². The zero-order chi connectivity index (χ0) is 25.0. The molecule has 4 rings (SSSR count). The van der Waals surface area contributed by atoms with Crippen LogP contribution in [0.2, 0.25) is 0 Å². The third-order valence-electron chi connectivity index (χ3n) is 5.60. The molecule has 0 radical (unpaired) electrons. The molecule has 2 aromatic carbocycles. The molecule has 1 atom stereocenters. The van der Waals surface area contributed by atoms with Crippen LogP contribution in [0.4, 0.5) is 17.6 Å². The Morgan fingerprint density at radius 1 is 1.20 bits per heavy atom. The molecule has 0 bridgehead atoms. The second-order valence-corrected chi connectivity index (χ2v) is 8.25. The first-order valence-corrected chi connectivity index (χ1v) is 11.0. The SMILES string of the molecule is Cc1oc(-c2cccc(F)c2)nc1CC(=O)N1CCOC(COCc2cccc(C(F)(F)F)c2)C1. The average Bonchev–Trinajstić information content (AvgIpc) is 3.19. The number of carbonyl (C=O) groups is 1. The summed E-state index contributed by atoms with van der Waals surface area (Å²) < 4.78 is 68.9. The highest BCUT2D eigenvalue weighted by atomic mass is 19.4. The van der Waals surface area contributed by atoms with Gasteiger partial charge in [0.05, 0.1) is 43.6 Å². The Balaban J connectivity index is 1.30. The van der Waals surface area contributed by atoms with Crippen LogP contribution in [0.5, 0.6) is 0 Å². The minimum Gasteiger partial charge on any atom is -0.441 e. The lowest BCUT2D eigenvalue weighted by Crippen LogP contribution is -2.47. The van der Waals surface area contributed by atoms with Crippen molar-refractivity contribution in [3.05, 3.63) is 76.9 Å². The molecule has 1 saturated heterocycles. The second-order valence-electron chi connectivity index (χ2n) is 8.25. The van der Waals surface area contributed by atoms with E-state index in [4.69, 9.17) is 13.9 Å². The highest BCUT2D eigenvalue weighted by Crippen LogP contribution is 2.29. The molecular formula is C25H24F4N2O4. The van der Waals surface area contributed by atoms with Crippen LogP contribution in [0.25, 0.3) is 11.5 Å². The number of aromatic nitrogens is 1. The largest absolute Gasteiger partial charge is 0.441 e. The van der Waals surface area contributed by atoms with Crippen LogP contribution in [-0.4, -0.2) is 48.2 Å². The minimum absolute atomic E-state index is 0.00127. The van der Waals surface area contributed by atoms with Crippen LogP contribution in [0, 0.1) is 12.7 Å². The summed E-state index contributed by atoms with van der Waals surface area (Å²) in [7, 11) is 0. The van der Waals surface area contributed by atoms with Crippen LogP contribution in [0.15, 0.2) is 52.9 Å². The standard InChI is InChI=1S/C25H24F4N2O4/c1-16-22(30-24(35-16)18-5-3-7-20(26)11-18)12-23(32)31-8-9-34-21(13-31)15-33-14-17-4-2-6-19(10-17)25(27,28)29/h2-7,10-11,21H,8-9,12-15H2,1H3. The lowest BCUT2D eigenvalue weighted by molar-refractivity contribution is -0.141. The van der Waals surface area contributed by atoms with Crippen LogP contribution in [0.3, 0.4) is 0 Å². The van der Waals surface area contributed by atoms with E-state index in [0.29, 0.717) is 35.7 Å². The number of carbonyl (C=O) groups excluding carboxylic acids is 1. The first-order valence-electron chi connectivity index (χ1n) is 11.0. The minimum atomic E-state index is -4.41. The molecule has 1 aliphatic rings. The van der Waals surface area contributed by atoms with E-state index >= 15 is 0 Å². The predicted molar refractivity (Wildman–Crippen MR) is 118 cm³/mol. The number of ether oxygens (including phenoxy) is 2. The highest BCUT2D eigenvalue weighted by molar-refractivity contribution is 5.78. The Bertz CT molecular complexity index is 1180. The fraction of sp³-hybridized carbons (Fsp3) is 0.360. The van der Waals surface area contributed by atoms with Gasteiger partial charge in [-0.1, -0.05) is 18.2 Å². The van der Waals surface area contributed by atoms with E-state index in [2.05, 4.69) is 4.98 Å². The van der Waals surface area contributed by atoms with Gasteiger partial charge in [0.25, 0.3) is 0 Å². The summed E-state index contributed by atoms with van der Waals surface area (Å²) in [5.74, 6) is 0.142. The molecule has 2 heterocycles. The van der Waals surface area contributed by atoms with Crippen molar-refractivity contribution in [1.29, 1.82) is 0 Å².